The van der Waals surface area contributed by atoms with E-state index in [9.17, 15) is 4.79 Å². The van der Waals surface area contributed by atoms with Gasteiger partial charge < -0.3 is 9.73 Å². The summed E-state index contributed by atoms with van der Waals surface area (Å²) in [5.41, 5.74) is 3.20. The Morgan fingerprint density at radius 1 is 1.17 bits per heavy atom. The molecular formula is C22H20N6O2. The van der Waals surface area contributed by atoms with Gasteiger partial charge in [0.25, 0.3) is 11.9 Å². The van der Waals surface area contributed by atoms with Crippen LogP contribution in [0.1, 0.15) is 40.4 Å². The Morgan fingerprint density at radius 2 is 2.10 bits per heavy atom. The number of furan rings is 1. The molecule has 0 bridgehead atoms. The average Bonchev–Trinajstić information content (AvgIpc) is 3.28. The predicted octanol–water partition coefficient (Wildman–Crippen LogP) is 3.17. The van der Waals surface area contributed by atoms with Crippen molar-refractivity contribution in [2.45, 2.75) is 25.2 Å². The number of aromatic nitrogens is 5. The van der Waals surface area contributed by atoms with Gasteiger partial charge in [-0.3, -0.25) is 9.78 Å². The first kappa shape index (κ1) is 18.2. The molecule has 4 heterocycles. The zero-order valence-corrected chi connectivity index (χ0v) is 16.2. The fraction of sp³-hybridized carbons (Fsp3) is 0.227. The van der Waals surface area contributed by atoms with Crippen molar-refractivity contribution in [3.63, 3.8) is 0 Å². The van der Waals surface area contributed by atoms with Gasteiger partial charge in [-0.25, -0.2) is 14.6 Å². The molecule has 1 N–H and O–H groups in total. The van der Waals surface area contributed by atoms with E-state index in [1.165, 1.54) is 0 Å². The third kappa shape index (κ3) is 3.71. The average molecular weight is 400 g/mol. The SMILES string of the molecule is O=C(NCCc1cccnc1)c1cnn(-c2nccc(-c3ccco3)n2)c1C1CC1. The lowest BCUT2D eigenvalue weighted by molar-refractivity contribution is 0.0953. The molecule has 0 atom stereocenters. The summed E-state index contributed by atoms with van der Waals surface area (Å²) in [5.74, 6) is 1.25. The minimum atomic E-state index is -0.130. The molecule has 5 rings (SSSR count). The zero-order chi connectivity index (χ0) is 20.3. The Balaban J connectivity index is 1.38. The Labute approximate surface area is 173 Å². The molecule has 4 aromatic heterocycles. The number of rotatable bonds is 7. The molecule has 30 heavy (non-hydrogen) atoms. The van der Waals surface area contributed by atoms with Gasteiger partial charge in [-0.2, -0.15) is 5.10 Å². The highest BCUT2D eigenvalue weighted by Gasteiger charge is 2.33. The summed E-state index contributed by atoms with van der Waals surface area (Å²) in [5, 5.41) is 7.44. The van der Waals surface area contributed by atoms with Crippen LogP contribution in [0.15, 0.2) is 65.8 Å². The molecule has 8 heteroatoms. The quantitative estimate of drug-likeness (QED) is 0.512. The maximum absolute atomic E-state index is 12.9. The molecule has 1 aliphatic carbocycles. The minimum absolute atomic E-state index is 0.130. The maximum Gasteiger partial charge on any atom is 0.254 e. The van der Waals surface area contributed by atoms with Crippen molar-refractivity contribution in [2.75, 3.05) is 6.54 Å². The Hall–Kier alpha value is -3.81. The van der Waals surface area contributed by atoms with Crippen LogP contribution < -0.4 is 5.32 Å². The lowest BCUT2D eigenvalue weighted by atomic mass is 10.1. The van der Waals surface area contributed by atoms with Crippen LogP contribution in [-0.4, -0.2) is 37.2 Å². The van der Waals surface area contributed by atoms with E-state index in [0.717, 1.165) is 30.5 Å². The van der Waals surface area contributed by atoms with Gasteiger partial charge in [0, 0.05) is 31.1 Å². The number of carbonyl (C=O) groups excluding carboxylic acids is 1. The first-order valence-electron chi connectivity index (χ1n) is 9.92. The Morgan fingerprint density at radius 3 is 2.87 bits per heavy atom. The molecule has 1 fully saturated rings. The molecular weight excluding hydrogens is 380 g/mol. The van der Waals surface area contributed by atoms with E-state index in [4.69, 9.17) is 4.42 Å². The summed E-state index contributed by atoms with van der Waals surface area (Å²) in [4.78, 5) is 25.9. The van der Waals surface area contributed by atoms with E-state index >= 15 is 0 Å². The second-order valence-corrected chi connectivity index (χ2v) is 7.22. The highest BCUT2D eigenvalue weighted by Crippen LogP contribution is 2.42. The molecule has 150 valence electrons. The van der Waals surface area contributed by atoms with Crippen molar-refractivity contribution in [3.05, 3.63) is 78.2 Å². The second-order valence-electron chi connectivity index (χ2n) is 7.22. The van der Waals surface area contributed by atoms with Gasteiger partial charge in [0.15, 0.2) is 5.76 Å². The van der Waals surface area contributed by atoms with Crippen molar-refractivity contribution in [1.82, 2.24) is 30.0 Å². The van der Waals surface area contributed by atoms with Gasteiger partial charge in [-0.15, -0.1) is 0 Å². The number of nitrogens with zero attached hydrogens (tertiary/aromatic N) is 5. The molecule has 1 amide bonds. The molecule has 0 unspecified atom stereocenters. The van der Waals surface area contributed by atoms with Crippen LogP contribution in [0, 0.1) is 0 Å². The number of pyridine rings is 1. The molecule has 0 saturated heterocycles. The third-order valence-electron chi connectivity index (χ3n) is 5.04. The molecule has 0 spiro atoms. The van der Waals surface area contributed by atoms with Crippen LogP contribution in [-0.2, 0) is 6.42 Å². The van der Waals surface area contributed by atoms with Crippen LogP contribution >= 0.6 is 0 Å². The fourth-order valence-electron chi connectivity index (χ4n) is 3.42. The summed E-state index contributed by atoms with van der Waals surface area (Å²) in [6.07, 6.45) is 11.2. The molecule has 0 aromatic carbocycles. The molecule has 0 radical (unpaired) electrons. The lowest BCUT2D eigenvalue weighted by Crippen LogP contribution is -2.26. The number of nitrogens with one attached hydrogen (secondary N) is 1. The van der Waals surface area contributed by atoms with E-state index in [1.54, 1.807) is 35.6 Å². The van der Waals surface area contributed by atoms with Gasteiger partial charge in [0.05, 0.1) is 23.7 Å². The van der Waals surface area contributed by atoms with Gasteiger partial charge in [0.2, 0.25) is 0 Å². The largest absolute Gasteiger partial charge is 0.463 e. The van der Waals surface area contributed by atoms with E-state index in [2.05, 4.69) is 25.4 Å². The second kappa shape index (κ2) is 7.90. The van der Waals surface area contributed by atoms with Crippen LogP contribution in [0.2, 0.25) is 0 Å². The van der Waals surface area contributed by atoms with E-state index in [1.807, 2.05) is 30.5 Å². The summed E-state index contributed by atoms with van der Waals surface area (Å²) in [6.45, 7) is 0.532. The van der Waals surface area contributed by atoms with E-state index < -0.39 is 0 Å². The molecule has 4 aromatic rings. The molecule has 1 saturated carbocycles. The van der Waals surface area contributed by atoms with Gasteiger partial charge in [-0.05, 0) is 49.1 Å². The number of amides is 1. The summed E-state index contributed by atoms with van der Waals surface area (Å²) >= 11 is 0. The highest BCUT2D eigenvalue weighted by atomic mass is 16.3. The maximum atomic E-state index is 12.9. The molecule has 8 nitrogen and oxygen atoms in total. The monoisotopic (exact) mass is 400 g/mol. The number of hydrogen-bond acceptors (Lipinski definition) is 6. The van der Waals surface area contributed by atoms with Crippen LogP contribution in [0.5, 0.6) is 0 Å². The van der Waals surface area contributed by atoms with Gasteiger partial charge >= 0.3 is 0 Å². The lowest BCUT2D eigenvalue weighted by Gasteiger charge is -2.09. The third-order valence-corrected chi connectivity index (χ3v) is 5.04. The van der Waals surface area contributed by atoms with Crippen molar-refractivity contribution < 1.29 is 9.21 Å². The van der Waals surface area contributed by atoms with Crippen molar-refractivity contribution in [1.29, 1.82) is 0 Å². The van der Waals surface area contributed by atoms with Crippen LogP contribution in [0.25, 0.3) is 17.4 Å². The predicted molar refractivity (Wildman–Crippen MR) is 109 cm³/mol. The summed E-state index contributed by atoms with van der Waals surface area (Å²) in [6, 6.07) is 9.33. The first-order valence-corrected chi connectivity index (χ1v) is 9.92. The number of carbonyl (C=O) groups is 1. The smallest absolute Gasteiger partial charge is 0.254 e. The van der Waals surface area contributed by atoms with Gasteiger partial charge in [-0.1, -0.05) is 6.07 Å². The van der Waals surface area contributed by atoms with Gasteiger partial charge in [0.1, 0.15) is 5.69 Å². The van der Waals surface area contributed by atoms with Crippen molar-refractivity contribution in [2.24, 2.45) is 0 Å². The van der Waals surface area contributed by atoms with Crippen molar-refractivity contribution >= 4 is 5.91 Å². The normalized spacial score (nSPS) is 13.3. The van der Waals surface area contributed by atoms with E-state index in [0.29, 0.717) is 35.4 Å². The van der Waals surface area contributed by atoms with Crippen molar-refractivity contribution in [3.8, 4) is 17.4 Å². The zero-order valence-electron chi connectivity index (χ0n) is 16.2. The van der Waals surface area contributed by atoms with Crippen LogP contribution in [0.4, 0.5) is 0 Å². The van der Waals surface area contributed by atoms with Crippen LogP contribution in [0.3, 0.4) is 0 Å². The molecule has 0 aliphatic heterocycles. The Bertz CT molecular complexity index is 1150. The molecule has 1 aliphatic rings. The summed E-state index contributed by atoms with van der Waals surface area (Å²) in [7, 11) is 0. The number of hydrogen-bond donors (Lipinski definition) is 1. The Kier molecular flexibility index (Phi) is 4.80. The first-order chi connectivity index (χ1) is 14.8. The van der Waals surface area contributed by atoms with E-state index in [-0.39, 0.29) is 5.91 Å². The highest BCUT2D eigenvalue weighted by molar-refractivity contribution is 5.95. The topological polar surface area (TPSA) is 98.7 Å². The summed E-state index contributed by atoms with van der Waals surface area (Å²) < 4.78 is 7.12. The minimum Gasteiger partial charge on any atom is -0.463 e. The standard InChI is InChI=1S/C22H20N6O2/c29-21(24-10-7-15-3-1-9-23-13-15)17-14-26-28(20(17)16-5-6-16)22-25-11-8-18(27-22)19-4-2-12-30-19/h1-4,8-9,11-14,16H,5-7,10H2,(H,24,29). The fourth-order valence-corrected chi connectivity index (χ4v) is 3.42.